The number of amides is 2. The first-order valence-corrected chi connectivity index (χ1v) is 5.47. The lowest BCUT2D eigenvalue weighted by Gasteiger charge is -2.32. The molecule has 0 spiro atoms. The van der Waals surface area contributed by atoms with Gasteiger partial charge < -0.3 is 9.47 Å². The van der Waals surface area contributed by atoms with Gasteiger partial charge in [-0.05, 0) is 13.3 Å². The van der Waals surface area contributed by atoms with Crippen molar-refractivity contribution in [3.05, 3.63) is 18.2 Å². The van der Waals surface area contributed by atoms with Gasteiger partial charge in [0.1, 0.15) is 5.82 Å². The van der Waals surface area contributed by atoms with Gasteiger partial charge in [-0.25, -0.2) is 15.6 Å². The standard InChI is InChI=1S/C10H17N5O/c1-9-12-3-6-13(9)7-8-14-4-2-5-15(11)10(14)16/h3,6H,2,4-5,7-8,11H2,1H3. The molecule has 88 valence electrons. The monoisotopic (exact) mass is 223 g/mol. The van der Waals surface area contributed by atoms with Crippen LogP contribution in [0.1, 0.15) is 12.2 Å². The lowest BCUT2D eigenvalue weighted by molar-refractivity contribution is 0.128. The van der Waals surface area contributed by atoms with E-state index in [1.807, 2.05) is 17.7 Å². The van der Waals surface area contributed by atoms with Gasteiger partial charge in [0.15, 0.2) is 0 Å². The molecule has 0 aromatic carbocycles. The predicted molar refractivity (Wildman–Crippen MR) is 59.4 cm³/mol. The predicted octanol–water partition coefficient (Wildman–Crippen LogP) is 0.193. The Morgan fingerprint density at radius 2 is 2.25 bits per heavy atom. The van der Waals surface area contributed by atoms with E-state index in [0.29, 0.717) is 13.1 Å². The van der Waals surface area contributed by atoms with Gasteiger partial charge in [0.25, 0.3) is 0 Å². The summed E-state index contributed by atoms with van der Waals surface area (Å²) in [4.78, 5) is 17.6. The average molecular weight is 223 g/mol. The van der Waals surface area contributed by atoms with Crippen molar-refractivity contribution in [3.63, 3.8) is 0 Å². The second-order valence-corrected chi connectivity index (χ2v) is 3.98. The Morgan fingerprint density at radius 1 is 1.44 bits per heavy atom. The number of nitrogens with zero attached hydrogens (tertiary/aromatic N) is 4. The van der Waals surface area contributed by atoms with Gasteiger partial charge in [-0.15, -0.1) is 0 Å². The van der Waals surface area contributed by atoms with Crippen LogP contribution in [0.4, 0.5) is 4.79 Å². The highest BCUT2D eigenvalue weighted by Crippen LogP contribution is 2.06. The first-order valence-electron chi connectivity index (χ1n) is 5.47. The number of imidazole rings is 1. The molecule has 0 aliphatic carbocycles. The normalized spacial score (nSPS) is 17.0. The molecule has 1 saturated heterocycles. The SMILES string of the molecule is Cc1nccn1CCN1CCCN(N)C1=O. The Labute approximate surface area is 94.6 Å². The zero-order chi connectivity index (χ0) is 11.5. The Morgan fingerprint density at radius 3 is 2.94 bits per heavy atom. The molecule has 2 rings (SSSR count). The fourth-order valence-electron chi connectivity index (χ4n) is 1.88. The number of hydrogen-bond donors (Lipinski definition) is 1. The van der Waals surface area contributed by atoms with Gasteiger partial charge in [0, 0.05) is 38.6 Å². The lowest BCUT2D eigenvalue weighted by Crippen LogP contribution is -2.53. The van der Waals surface area contributed by atoms with Crippen molar-refractivity contribution >= 4 is 6.03 Å². The topological polar surface area (TPSA) is 67.4 Å². The van der Waals surface area contributed by atoms with E-state index in [2.05, 4.69) is 4.98 Å². The molecule has 1 aliphatic rings. The van der Waals surface area contributed by atoms with Gasteiger partial charge in [0.2, 0.25) is 0 Å². The maximum absolute atomic E-state index is 11.7. The number of hydrazine groups is 1. The Balaban J connectivity index is 1.90. The van der Waals surface area contributed by atoms with Crippen LogP contribution >= 0.6 is 0 Å². The van der Waals surface area contributed by atoms with Crippen LogP contribution in [0.2, 0.25) is 0 Å². The summed E-state index contributed by atoms with van der Waals surface area (Å²) in [5.74, 6) is 6.54. The molecule has 2 N–H and O–H groups in total. The third-order valence-corrected chi connectivity index (χ3v) is 2.88. The van der Waals surface area contributed by atoms with Crippen LogP contribution in [-0.4, -0.2) is 45.1 Å². The highest BCUT2D eigenvalue weighted by atomic mass is 16.2. The first-order chi connectivity index (χ1) is 7.68. The van der Waals surface area contributed by atoms with Crippen molar-refractivity contribution in [2.75, 3.05) is 19.6 Å². The van der Waals surface area contributed by atoms with Gasteiger partial charge in [-0.2, -0.15) is 0 Å². The molecule has 2 amide bonds. The zero-order valence-electron chi connectivity index (χ0n) is 9.46. The number of hydrogen-bond acceptors (Lipinski definition) is 3. The summed E-state index contributed by atoms with van der Waals surface area (Å²) >= 11 is 0. The minimum Gasteiger partial charge on any atom is -0.333 e. The third-order valence-electron chi connectivity index (χ3n) is 2.88. The Bertz CT molecular complexity index is 375. The molecule has 1 aliphatic heterocycles. The number of nitrogens with two attached hydrogens (primary N) is 1. The molecule has 6 nitrogen and oxygen atoms in total. The molecule has 6 heteroatoms. The molecule has 0 bridgehead atoms. The number of carbonyl (C=O) groups excluding carboxylic acids is 1. The van der Waals surface area contributed by atoms with E-state index in [9.17, 15) is 4.79 Å². The number of aromatic nitrogens is 2. The van der Waals surface area contributed by atoms with Crippen LogP contribution in [0.15, 0.2) is 12.4 Å². The van der Waals surface area contributed by atoms with Gasteiger partial charge in [-0.1, -0.05) is 0 Å². The summed E-state index contributed by atoms with van der Waals surface area (Å²) in [5, 5.41) is 1.28. The van der Waals surface area contributed by atoms with Crippen molar-refractivity contribution in [2.24, 2.45) is 5.84 Å². The van der Waals surface area contributed by atoms with E-state index < -0.39 is 0 Å². The average Bonchev–Trinajstić information content (AvgIpc) is 2.67. The van der Waals surface area contributed by atoms with Crippen LogP contribution in [0.3, 0.4) is 0 Å². The second-order valence-electron chi connectivity index (χ2n) is 3.98. The minimum atomic E-state index is -0.0796. The molecule has 0 atom stereocenters. The largest absolute Gasteiger partial charge is 0.334 e. The number of rotatable bonds is 3. The molecular weight excluding hydrogens is 206 g/mol. The van der Waals surface area contributed by atoms with Crippen LogP contribution < -0.4 is 5.84 Å². The van der Waals surface area contributed by atoms with Crippen molar-refractivity contribution in [2.45, 2.75) is 19.9 Å². The maximum Gasteiger partial charge on any atom is 0.334 e. The van der Waals surface area contributed by atoms with Crippen LogP contribution in [0, 0.1) is 6.92 Å². The fraction of sp³-hybridized carbons (Fsp3) is 0.600. The molecule has 1 aromatic heterocycles. The van der Waals surface area contributed by atoms with Crippen molar-refractivity contribution in [1.82, 2.24) is 19.5 Å². The van der Waals surface area contributed by atoms with E-state index in [-0.39, 0.29) is 6.03 Å². The summed E-state index contributed by atoms with van der Waals surface area (Å²) < 4.78 is 2.03. The molecule has 1 fully saturated rings. The van der Waals surface area contributed by atoms with E-state index in [1.54, 1.807) is 11.1 Å². The second kappa shape index (κ2) is 4.52. The first kappa shape index (κ1) is 10.9. The van der Waals surface area contributed by atoms with E-state index in [0.717, 1.165) is 25.3 Å². The van der Waals surface area contributed by atoms with Gasteiger partial charge in [0.05, 0.1) is 0 Å². The third kappa shape index (κ3) is 2.16. The summed E-state index contributed by atoms with van der Waals surface area (Å²) in [5.41, 5.74) is 0. The molecule has 1 aromatic rings. The molecule has 2 heterocycles. The van der Waals surface area contributed by atoms with E-state index in [1.165, 1.54) is 5.01 Å². The van der Waals surface area contributed by atoms with Gasteiger partial charge >= 0.3 is 6.03 Å². The highest BCUT2D eigenvalue weighted by Gasteiger charge is 2.22. The minimum absolute atomic E-state index is 0.0796. The van der Waals surface area contributed by atoms with Crippen LogP contribution in [-0.2, 0) is 6.54 Å². The summed E-state index contributed by atoms with van der Waals surface area (Å²) in [7, 11) is 0. The van der Waals surface area contributed by atoms with Crippen LogP contribution in [0.25, 0.3) is 0 Å². The number of carbonyl (C=O) groups is 1. The summed E-state index contributed by atoms with van der Waals surface area (Å²) in [6.07, 6.45) is 4.62. The molecule has 0 radical (unpaired) electrons. The van der Waals surface area contributed by atoms with E-state index in [4.69, 9.17) is 5.84 Å². The molecule has 16 heavy (non-hydrogen) atoms. The summed E-state index contributed by atoms with van der Waals surface area (Å²) in [6, 6.07) is -0.0796. The maximum atomic E-state index is 11.7. The Hall–Kier alpha value is -1.56. The number of urea groups is 1. The fourth-order valence-corrected chi connectivity index (χ4v) is 1.88. The quantitative estimate of drug-likeness (QED) is 0.587. The van der Waals surface area contributed by atoms with Crippen molar-refractivity contribution < 1.29 is 4.79 Å². The zero-order valence-corrected chi connectivity index (χ0v) is 9.46. The van der Waals surface area contributed by atoms with Crippen LogP contribution in [0.5, 0.6) is 0 Å². The van der Waals surface area contributed by atoms with E-state index >= 15 is 0 Å². The summed E-state index contributed by atoms with van der Waals surface area (Å²) in [6.45, 7) is 4.85. The molecular formula is C10H17N5O. The molecule has 0 unspecified atom stereocenters. The Kier molecular flexibility index (Phi) is 3.09. The lowest BCUT2D eigenvalue weighted by atomic mass is 10.3. The van der Waals surface area contributed by atoms with Crippen molar-refractivity contribution in [1.29, 1.82) is 0 Å². The van der Waals surface area contributed by atoms with Crippen molar-refractivity contribution in [3.8, 4) is 0 Å². The van der Waals surface area contributed by atoms with Gasteiger partial charge in [-0.3, -0.25) is 5.01 Å². The molecule has 0 saturated carbocycles. The number of aryl methyl sites for hydroxylation is 1. The smallest absolute Gasteiger partial charge is 0.333 e. The highest BCUT2D eigenvalue weighted by molar-refractivity contribution is 5.74.